The van der Waals surface area contributed by atoms with E-state index in [0.717, 1.165) is 16.8 Å². The molecular weight excluding hydrogens is 392 g/mol. The molecule has 0 unspecified atom stereocenters. The van der Waals surface area contributed by atoms with E-state index in [-0.39, 0.29) is 23.0 Å². The Morgan fingerprint density at radius 3 is 2.62 bits per heavy atom. The molecule has 0 aliphatic carbocycles. The quantitative estimate of drug-likeness (QED) is 0.356. The Hall–Kier alpha value is -3.33. The zero-order chi connectivity index (χ0) is 21.0. The van der Waals surface area contributed by atoms with Gasteiger partial charge in [0.2, 0.25) is 5.91 Å². The maximum atomic E-state index is 12.4. The topological polar surface area (TPSA) is 99.3 Å². The summed E-state index contributed by atoms with van der Waals surface area (Å²) in [6.07, 6.45) is 3.51. The van der Waals surface area contributed by atoms with Gasteiger partial charge in [-0.15, -0.1) is 0 Å². The molecule has 0 saturated heterocycles. The van der Waals surface area contributed by atoms with Crippen molar-refractivity contribution in [3.05, 3.63) is 70.0 Å². The van der Waals surface area contributed by atoms with Crippen LogP contribution in [-0.4, -0.2) is 33.2 Å². The SMILES string of the molecule is COc1ccc(NC(=O)CSc2nccn2-c2cc(C)cc(C)c2)c([N+](=O)[O-])c1. The van der Waals surface area contributed by atoms with Crippen molar-refractivity contribution < 1.29 is 14.5 Å². The van der Waals surface area contributed by atoms with Crippen molar-refractivity contribution in [2.45, 2.75) is 19.0 Å². The third-order valence-electron chi connectivity index (χ3n) is 4.10. The molecule has 0 bridgehead atoms. The highest BCUT2D eigenvalue weighted by molar-refractivity contribution is 7.99. The van der Waals surface area contributed by atoms with Crippen LogP contribution in [-0.2, 0) is 4.79 Å². The average Bonchev–Trinajstić information content (AvgIpc) is 3.14. The molecular formula is C20H20N4O4S. The monoisotopic (exact) mass is 412 g/mol. The molecule has 1 aromatic heterocycles. The number of imidazole rings is 1. The first kappa shape index (κ1) is 20.4. The largest absolute Gasteiger partial charge is 0.496 e. The second kappa shape index (κ2) is 8.78. The maximum Gasteiger partial charge on any atom is 0.296 e. The van der Waals surface area contributed by atoms with Crippen LogP contribution in [0.1, 0.15) is 11.1 Å². The van der Waals surface area contributed by atoms with Crippen LogP contribution in [0.3, 0.4) is 0 Å². The number of amides is 1. The van der Waals surface area contributed by atoms with Crippen molar-refractivity contribution in [3.8, 4) is 11.4 Å². The van der Waals surface area contributed by atoms with Crippen LogP contribution in [0.4, 0.5) is 11.4 Å². The van der Waals surface area contributed by atoms with Crippen LogP contribution in [0.2, 0.25) is 0 Å². The smallest absolute Gasteiger partial charge is 0.296 e. The van der Waals surface area contributed by atoms with E-state index in [1.165, 1.54) is 31.0 Å². The highest BCUT2D eigenvalue weighted by Gasteiger charge is 2.18. The number of hydrogen-bond donors (Lipinski definition) is 1. The predicted octanol–water partition coefficient (Wildman–Crippen LogP) is 4.14. The van der Waals surface area contributed by atoms with E-state index in [1.807, 2.05) is 36.7 Å². The summed E-state index contributed by atoms with van der Waals surface area (Å²) in [5.74, 6) is 0.0446. The Morgan fingerprint density at radius 1 is 1.24 bits per heavy atom. The van der Waals surface area contributed by atoms with Crippen LogP contribution < -0.4 is 10.1 Å². The van der Waals surface area contributed by atoms with Gasteiger partial charge in [0, 0.05) is 18.1 Å². The Bertz CT molecular complexity index is 1040. The van der Waals surface area contributed by atoms with Crippen LogP contribution in [0.15, 0.2) is 53.9 Å². The number of ether oxygens (including phenoxy) is 1. The fourth-order valence-corrected chi connectivity index (χ4v) is 3.67. The highest BCUT2D eigenvalue weighted by atomic mass is 32.2. The number of anilines is 1. The van der Waals surface area contributed by atoms with E-state index in [2.05, 4.69) is 16.4 Å². The lowest BCUT2D eigenvalue weighted by atomic mass is 10.1. The Balaban J connectivity index is 1.71. The lowest BCUT2D eigenvalue weighted by Gasteiger charge is -2.10. The molecule has 0 saturated carbocycles. The summed E-state index contributed by atoms with van der Waals surface area (Å²) in [5.41, 5.74) is 3.13. The third kappa shape index (κ3) is 4.94. The van der Waals surface area contributed by atoms with Gasteiger partial charge in [0.05, 0.1) is 23.9 Å². The number of nitro groups is 1. The summed E-state index contributed by atoms with van der Waals surface area (Å²) in [7, 11) is 1.42. The number of carbonyl (C=O) groups excluding carboxylic acids is 1. The van der Waals surface area contributed by atoms with Crippen molar-refractivity contribution in [1.29, 1.82) is 0 Å². The van der Waals surface area contributed by atoms with E-state index >= 15 is 0 Å². The van der Waals surface area contributed by atoms with Crippen molar-refractivity contribution in [3.63, 3.8) is 0 Å². The maximum absolute atomic E-state index is 12.4. The number of carbonyl (C=O) groups is 1. The second-order valence-electron chi connectivity index (χ2n) is 6.40. The second-order valence-corrected chi connectivity index (χ2v) is 7.35. The van der Waals surface area contributed by atoms with Crippen LogP contribution in [0.25, 0.3) is 5.69 Å². The van der Waals surface area contributed by atoms with Crippen molar-refractivity contribution >= 4 is 29.0 Å². The van der Waals surface area contributed by atoms with Gasteiger partial charge in [0.25, 0.3) is 5.69 Å². The standard InChI is InChI=1S/C20H20N4O4S/c1-13-8-14(2)10-15(9-13)23-7-6-21-20(23)29-12-19(25)22-17-5-4-16(28-3)11-18(17)24(26)27/h4-11H,12H2,1-3H3,(H,22,25). The normalized spacial score (nSPS) is 10.6. The number of benzene rings is 2. The van der Waals surface area contributed by atoms with Gasteiger partial charge in [-0.2, -0.15) is 0 Å². The third-order valence-corrected chi connectivity index (χ3v) is 5.07. The average molecular weight is 412 g/mol. The van der Waals surface area contributed by atoms with Gasteiger partial charge in [-0.25, -0.2) is 4.98 Å². The first-order chi connectivity index (χ1) is 13.9. The molecule has 150 valence electrons. The molecule has 0 aliphatic heterocycles. The summed E-state index contributed by atoms with van der Waals surface area (Å²) >= 11 is 1.25. The zero-order valence-corrected chi connectivity index (χ0v) is 17.0. The van der Waals surface area contributed by atoms with Crippen molar-refractivity contribution in [2.24, 2.45) is 0 Å². The first-order valence-corrected chi connectivity index (χ1v) is 9.73. The predicted molar refractivity (Wildman–Crippen MR) is 112 cm³/mol. The first-order valence-electron chi connectivity index (χ1n) is 8.74. The number of thioether (sulfide) groups is 1. The molecule has 0 fully saturated rings. The molecule has 3 rings (SSSR count). The van der Waals surface area contributed by atoms with Gasteiger partial charge < -0.3 is 10.1 Å². The minimum atomic E-state index is -0.557. The number of nitrogens with zero attached hydrogens (tertiary/aromatic N) is 3. The number of aryl methyl sites for hydroxylation is 2. The molecule has 0 spiro atoms. The van der Waals surface area contributed by atoms with Crippen molar-refractivity contribution in [2.75, 3.05) is 18.2 Å². The summed E-state index contributed by atoms with van der Waals surface area (Å²) < 4.78 is 6.91. The zero-order valence-electron chi connectivity index (χ0n) is 16.2. The van der Waals surface area contributed by atoms with Crippen LogP contribution >= 0.6 is 11.8 Å². The summed E-state index contributed by atoms with van der Waals surface area (Å²) in [6, 6.07) is 10.5. The van der Waals surface area contributed by atoms with Gasteiger partial charge in [-0.05, 0) is 49.2 Å². The molecule has 3 aromatic rings. The number of nitro benzene ring substituents is 1. The van der Waals surface area contributed by atoms with Gasteiger partial charge >= 0.3 is 0 Å². The Kier molecular flexibility index (Phi) is 6.18. The van der Waals surface area contributed by atoms with E-state index in [9.17, 15) is 14.9 Å². The van der Waals surface area contributed by atoms with E-state index in [0.29, 0.717) is 10.9 Å². The highest BCUT2D eigenvalue weighted by Crippen LogP contribution is 2.29. The van der Waals surface area contributed by atoms with E-state index in [4.69, 9.17) is 4.74 Å². The summed E-state index contributed by atoms with van der Waals surface area (Å²) in [6.45, 7) is 4.05. The summed E-state index contributed by atoms with van der Waals surface area (Å²) in [5, 5.41) is 14.5. The minimum absolute atomic E-state index is 0.0605. The molecule has 0 atom stereocenters. The molecule has 0 radical (unpaired) electrons. The molecule has 1 amide bonds. The fraction of sp³-hybridized carbons (Fsp3) is 0.200. The Labute approximate surface area is 172 Å². The molecule has 2 aromatic carbocycles. The number of rotatable bonds is 7. The van der Waals surface area contributed by atoms with E-state index < -0.39 is 4.92 Å². The minimum Gasteiger partial charge on any atom is -0.496 e. The molecule has 1 N–H and O–H groups in total. The number of nitrogens with one attached hydrogen (secondary N) is 1. The fourth-order valence-electron chi connectivity index (χ4n) is 2.89. The van der Waals surface area contributed by atoms with Gasteiger partial charge in [-0.3, -0.25) is 19.5 Å². The lowest BCUT2D eigenvalue weighted by molar-refractivity contribution is -0.384. The molecule has 0 aliphatic rings. The van der Waals surface area contributed by atoms with Crippen LogP contribution in [0.5, 0.6) is 5.75 Å². The molecule has 8 nitrogen and oxygen atoms in total. The summed E-state index contributed by atoms with van der Waals surface area (Å²) in [4.78, 5) is 27.4. The van der Waals surface area contributed by atoms with Gasteiger partial charge in [0.1, 0.15) is 11.4 Å². The number of methoxy groups -OCH3 is 1. The number of hydrogen-bond acceptors (Lipinski definition) is 6. The van der Waals surface area contributed by atoms with Crippen LogP contribution in [0, 0.1) is 24.0 Å². The van der Waals surface area contributed by atoms with E-state index in [1.54, 1.807) is 12.3 Å². The van der Waals surface area contributed by atoms with Crippen molar-refractivity contribution in [1.82, 2.24) is 9.55 Å². The molecule has 9 heteroatoms. The van der Waals surface area contributed by atoms with Gasteiger partial charge in [0.15, 0.2) is 5.16 Å². The number of aromatic nitrogens is 2. The lowest BCUT2D eigenvalue weighted by Crippen LogP contribution is -2.15. The Morgan fingerprint density at radius 2 is 1.97 bits per heavy atom. The molecule has 29 heavy (non-hydrogen) atoms. The van der Waals surface area contributed by atoms with Gasteiger partial charge in [-0.1, -0.05) is 17.8 Å². The molecule has 1 heterocycles.